The molecule has 0 amide bonds. The summed E-state index contributed by atoms with van der Waals surface area (Å²) in [6.07, 6.45) is 29.4. The van der Waals surface area contributed by atoms with Crippen molar-refractivity contribution in [3.8, 4) is 0 Å². The van der Waals surface area contributed by atoms with E-state index in [0.717, 1.165) is 41.9 Å². The molecule has 0 saturated heterocycles. The van der Waals surface area contributed by atoms with Gasteiger partial charge in [0.2, 0.25) is 0 Å². The molecule has 1 aromatic rings. The third-order valence-corrected chi connectivity index (χ3v) is 9.64. The lowest BCUT2D eigenvalue weighted by molar-refractivity contribution is 0.151. The molecule has 0 nitrogen and oxygen atoms in total. The van der Waals surface area contributed by atoms with Crippen molar-refractivity contribution >= 4 is 0 Å². The molecular formula is C32H49F. The van der Waals surface area contributed by atoms with Crippen molar-refractivity contribution in [1.82, 2.24) is 0 Å². The van der Waals surface area contributed by atoms with E-state index in [0.29, 0.717) is 0 Å². The van der Waals surface area contributed by atoms with Gasteiger partial charge in [0.05, 0.1) is 0 Å². The number of hydrogen-bond donors (Lipinski definition) is 0. The maximum Gasteiger partial charge on any atom is 0.123 e. The molecule has 0 radical (unpaired) electrons. The summed E-state index contributed by atoms with van der Waals surface area (Å²) >= 11 is 0. The predicted molar refractivity (Wildman–Crippen MR) is 140 cm³/mol. The summed E-state index contributed by atoms with van der Waals surface area (Å²) in [5, 5.41) is 0. The van der Waals surface area contributed by atoms with E-state index in [1.54, 1.807) is 12.1 Å². The number of hydrogen-bond acceptors (Lipinski definition) is 0. The fraction of sp³-hybridized carbons (Fsp3) is 0.750. The zero-order valence-electron chi connectivity index (χ0n) is 21.3. The van der Waals surface area contributed by atoms with E-state index >= 15 is 0 Å². The van der Waals surface area contributed by atoms with Gasteiger partial charge in [-0.25, -0.2) is 4.39 Å². The first-order valence-corrected chi connectivity index (χ1v) is 14.6. The van der Waals surface area contributed by atoms with E-state index in [1.807, 2.05) is 12.1 Å². The number of unbranched alkanes of at least 4 members (excludes halogenated alkanes) is 1. The third kappa shape index (κ3) is 7.97. The Morgan fingerprint density at radius 2 is 1.15 bits per heavy atom. The molecule has 0 aliphatic heterocycles. The highest BCUT2D eigenvalue weighted by Crippen LogP contribution is 2.43. The number of benzene rings is 1. The first-order valence-electron chi connectivity index (χ1n) is 14.6. The van der Waals surface area contributed by atoms with Crippen LogP contribution in [0.4, 0.5) is 4.39 Å². The lowest BCUT2D eigenvalue weighted by atomic mass is 9.68. The second-order valence-corrected chi connectivity index (χ2v) is 11.9. The van der Waals surface area contributed by atoms with E-state index < -0.39 is 0 Å². The van der Waals surface area contributed by atoms with Gasteiger partial charge in [-0.3, -0.25) is 0 Å². The Balaban J connectivity index is 1.09. The van der Waals surface area contributed by atoms with Crippen molar-refractivity contribution in [1.29, 1.82) is 0 Å². The Bertz CT molecular complexity index is 680. The summed E-state index contributed by atoms with van der Waals surface area (Å²) in [5.41, 5.74) is 1.29. The van der Waals surface area contributed by atoms with Gasteiger partial charge < -0.3 is 0 Å². The minimum absolute atomic E-state index is 0.121. The predicted octanol–water partition coefficient (Wildman–Crippen LogP) is 9.92. The smallest absolute Gasteiger partial charge is 0.123 e. The Morgan fingerprint density at radius 3 is 1.73 bits per heavy atom. The average Bonchev–Trinajstić information content (AvgIpc) is 2.87. The van der Waals surface area contributed by atoms with Gasteiger partial charge in [-0.2, -0.15) is 0 Å². The van der Waals surface area contributed by atoms with Crippen molar-refractivity contribution in [2.24, 2.45) is 35.5 Å². The van der Waals surface area contributed by atoms with Crippen LogP contribution in [0.15, 0.2) is 36.4 Å². The molecule has 0 bridgehead atoms. The maximum atomic E-state index is 13.1. The molecular weight excluding hydrogens is 403 g/mol. The van der Waals surface area contributed by atoms with Crippen LogP contribution in [-0.2, 0) is 6.42 Å². The highest BCUT2D eigenvalue weighted by Gasteiger charge is 2.30. The van der Waals surface area contributed by atoms with Crippen LogP contribution in [0.5, 0.6) is 0 Å². The van der Waals surface area contributed by atoms with Crippen LogP contribution in [-0.4, -0.2) is 0 Å². The molecule has 3 saturated carbocycles. The molecule has 0 heterocycles. The standard InChI is InChI=1S/C32H49F/c1-2-3-4-25-13-19-30(20-14-25)31-21-15-28(16-22-31)11-9-26-5-7-27(8-6-26)10-12-29-17-23-32(33)24-18-29/h9,11,17-18,23-28,30-31H,2-8,10,12-16,19-22H2,1H3/b11-9+/t25-,26-,27-,28?,30-,31?. The van der Waals surface area contributed by atoms with Gasteiger partial charge in [-0.05, 0) is 130 Å². The Hall–Kier alpha value is -1.11. The summed E-state index contributed by atoms with van der Waals surface area (Å²) in [7, 11) is 0. The van der Waals surface area contributed by atoms with Crippen LogP contribution >= 0.6 is 0 Å². The van der Waals surface area contributed by atoms with Crippen LogP contribution in [0.3, 0.4) is 0 Å². The van der Waals surface area contributed by atoms with Gasteiger partial charge in [-0.15, -0.1) is 0 Å². The summed E-state index contributed by atoms with van der Waals surface area (Å²) in [6.45, 7) is 2.33. The monoisotopic (exact) mass is 452 g/mol. The molecule has 33 heavy (non-hydrogen) atoms. The van der Waals surface area contributed by atoms with Crippen molar-refractivity contribution in [3.63, 3.8) is 0 Å². The van der Waals surface area contributed by atoms with Gasteiger partial charge in [0.15, 0.2) is 0 Å². The van der Waals surface area contributed by atoms with Crippen LogP contribution in [0, 0.1) is 41.3 Å². The molecule has 0 atom stereocenters. The van der Waals surface area contributed by atoms with Crippen molar-refractivity contribution < 1.29 is 4.39 Å². The van der Waals surface area contributed by atoms with E-state index in [9.17, 15) is 4.39 Å². The Kier molecular flexibility index (Phi) is 9.93. The second kappa shape index (κ2) is 13.1. The molecule has 184 valence electrons. The Labute approximate surface area is 203 Å². The quantitative estimate of drug-likeness (QED) is 0.327. The lowest BCUT2D eigenvalue weighted by Crippen LogP contribution is -2.25. The average molecular weight is 453 g/mol. The summed E-state index contributed by atoms with van der Waals surface area (Å²) in [4.78, 5) is 0. The van der Waals surface area contributed by atoms with Gasteiger partial charge >= 0.3 is 0 Å². The summed E-state index contributed by atoms with van der Waals surface area (Å²) in [6, 6.07) is 7.11. The van der Waals surface area contributed by atoms with Crippen molar-refractivity contribution in [2.75, 3.05) is 0 Å². The van der Waals surface area contributed by atoms with Crippen LogP contribution in [0.1, 0.15) is 115 Å². The fourth-order valence-corrected chi connectivity index (χ4v) is 7.26. The second-order valence-electron chi connectivity index (χ2n) is 11.9. The van der Waals surface area contributed by atoms with Crippen LogP contribution in [0.2, 0.25) is 0 Å². The van der Waals surface area contributed by atoms with Gasteiger partial charge in [0, 0.05) is 0 Å². The minimum atomic E-state index is -0.121. The van der Waals surface area contributed by atoms with Crippen molar-refractivity contribution in [2.45, 2.75) is 116 Å². The lowest BCUT2D eigenvalue weighted by Gasteiger charge is -2.37. The fourth-order valence-electron chi connectivity index (χ4n) is 7.26. The Morgan fingerprint density at radius 1 is 0.667 bits per heavy atom. The molecule has 0 unspecified atom stereocenters. The topological polar surface area (TPSA) is 0 Å². The number of aryl methyl sites for hydroxylation is 1. The maximum absolute atomic E-state index is 13.1. The van der Waals surface area contributed by atoms with E-state index in [-0.39, 0.29) is 5.82 Å². The normalized spacial score (nSPS) is 33.4. The molecule has 3 aliphatic rings. The first-order chi connectivity index (χ1) is 16.2. The SMILES string of the molecule is CCCC[C@H]1CC[C@H](C2CCC(/C=C/[C@H]3CC[C@H](CCc4ccc(F)cc4)CC3)CC2)CC1. The third-order valence-electron chi connectivity index (χ3n) is 9.64. The first kappa shape index (κ1) is 25.0. The molecule has 3 aliphatic carbocycles. The molecule has 1 heteroatoms. The minimum Gasteiger partial charge on any atom is -0.207 e. The van der Waals surface area contributed by atoms with E-state index in [4.69, 9.17) is 0 Å². The zero-order chi connectivity index (χ0) is 22.9. The molecule has 3 fully saturated rings. The van der Waals surface area contributed by atoms with Crippen LogP contribution in [0.25, 0.3) is 0 Å². The van der Waals surface area contributed by atoms with E-state index in [1.165, 1.54) is 108 Å². The van der Waals surface area contributed by atoms with Gasteiger partial charge in [0.1, 0.15) is 5.82 Å². The highest BCUT2D eigenvalue weighted by atomic mass is 19.1. The van der Waals surface area contributed by atoms with Gasteiger partial charge in [-0.1, -0.05) is 63.3 Å². The number of allylic oxidation sites excluding steroid dienone is 2. The largest absolute Gasteiger partial charge is 0.207 e. The number of halogens is 1. The molecule has 0 aromatic heterocycles. The summed E-state index contributed by atoms with van der Waals surface area (Å²) < 4.78 is 13.1. The number of rotatable bonds is 9. The van der Waals surface area contributed by atoms with Crippen molar-refractivity contribution in [3.05, 3.63) is 47.8 Å². The molecule has 0 N–H and O–H groups in total. The summed E-state index contributed by atoms with van der Waals surface area (Å²) in [5.74, 6) is 5.58. The van der Waals surface area contributed by atoms with Crippen LogP contribution < -0.4 is 0 Å². The molecule has 1 aromatic carbocycles. The highest BCUT2D eigenvalue weighted by molar-refractivity contribution is 5.16. The molecule has 4 rings (SSSR count). The van der Waals surface area contributed by atoms with Gasteiger partial charge in [0.25, 0.3) is 0 Å². The molecule has 0 spiro atoms. The zero-order valence-corrected chi connectivity index (χ0v) is 21.3. The van der Waals surface area contributed by atoms with E-state index in [2.05, 4.69) is 19.1 Å².